The van der Waals surface area contributed by atoms with Gasteiger partial charge in [0, 0.05) is 25.2 Å². The van der Waals surface area contributed by atoms with Gasteiger partial charge in [0.1, 0.15) is 5.78 Å². The van der Waals surface area contributed by atoms with Gasteiger partial charge in [0.05, 0.1) is 6.61 Å². The number of esters is 1. The summed E-state index contributed by atoms with van der Waals surface area (Å²) in [6.07, 6.45) is 1.38. The zero-order valence-electron chi connectivity index (χ0n) is 8.05. The number of carbonyl (C=O) groups is 2. The van der Waals surface area contributed by atoms with Crippen LogP contribution in [-0.2, 0) is 14.3 Å². The predicted octanol–water partition coefficient (Wildman–Crippen LogP) is 1.31. The van der Waals surface area contributed by atoms with Crippen LogP contribution in [0.2, 0.25) is 0 Å². The summed E-state index contributed by atoms with van der Waals surface area (Å²) in [5, 5.41) is 0. The molecule has 72 valence electrons. The summed E-state index contributed by atoms with van der Waals surface area (Å²) >= 11 is 0. The highest BCUT2D eigenvalue weighted by molar-refractivity contribution is 5.88. The molecule has 3 heteroatoms. The van der Waals surface area contributed by atoms with Crippen molar-refractivity contribution in [2.24, 2.45) is 0 Å². The van der Waals surface area contributed by atoms with Gasteiger partial charge in [-0.1, -0.05) is 12.8 Å². The molecule has 0 amide bonds. The lowest BCUT2D eigenvalue weighted by Crippen LogP contribution is -1.99. The minimum Gasteiger partial charge on any atom is -0.456 e. The molecule has 0 saturated heterocycles. The summed E-state index contributed by atoms with van der Waals surface area (Å²) in [6.45, 7) is 3.86. The summed E-state index contributed by atoms with van der Waals surface area (Å²) in [6, 6.07) is 0. The number of ether oxygens (including phenoxy) is 1. The molecule has 0 fully saturated rings. The molecule has 0 spiro atoms. The van der Waals surface area contributed by atoms with Crippen LogP contribution in [0.5, 0.6) is 0 Å². The van der Waals surface area contributed by atoms with Crippen LogP contribution in [-0.4, -0.2) is 18.4 Å². The molecule has 0 heterocycles. The van der Waals surface area contributed by atoms with Gasteiger partial charge in [-0.2, -0.15) is 0 Å². The zero-order chi connectivity index (χ0) is 10.1. The lowest BCUT2D eigenvalue weighted by atomic mass is 10.2. The molecule has 0 bridgehead atoms. The Morgan fingerprint density at radius 3 is 2.54 bits per heavy atom. The molecule has 0 aliphatic heterocycles. The van der Waals surface area contributed by atoms with E-state index in [2.05, 4.69) is 16.6 Å². The van der Waals surface area contributed by atoms with E-state index >= 15 is 0 Å². The van der Waals surface area contributed by atoms with Crippen LogP contribution in [0.3, 0.4) is 0 Å². The van der Waals surface area contributed by atoms with Crippen molar-refractivity contribution in [3.8, 4) is 11.8 Å². The zero-order valence-corrected chi connectivity index (χ0v) is 8.05. The van der Waals surface area contributed by atoms with Gasteiger partial charge in [0.15, 0.2) is 0 Å². The quantitative estimate of drug-likeness (QED) is 0.374. The molecule has 0 saturated carbocycles. The Kier molecular flexibility index (Phi) is 6.62. The SMILES string of the molecule is CCOC(=O)C#CCCC(=O)CC. The Morgan fingerprint density at radius 2 is 2.00 bits per heavy atom. The number of rotatable bonds is 4. The topological polar surface area (TPSA) is 43.4 Å². The Labute approximate surface area is 78.5 Å². The Bertz CT molecular complexity index is 232. The molecule has 0 aliphatic carbocycles. The molecular weight excluding hydrogens is 168 g/mol. The van der Waals surface area contributed by atoms with Gasteiger partial charge in [-0.25, -0.2) is 4.79 Å². The third-order valence-corrected chi connectivity index (χ3v) is 1.39. The second kappa shape index (κ2) is 7.35. The maximum Gasteiger partial charge on any atom is 0.384 e. The Balaban J connectivity index is 3.61. The third-order valence-electron chi connectivity index (χ3n) is 1.39. The summed E-state index contributed by atoms with van der Waals surface area (Å²) in [4.78, 5) is 21.5. The number of hydrogen-bond acceptors (Lipinski definition) is 3. The highest BCUT2D eigenvalue weighted by atomic mass is 16.5. The molecule has 0 unspecified atom stereocenters. The first kappa shape index (κ1) is 11.7. The van der Waals surface area contributed by atoms with Crippen LogP contribution in [0.15, 0.2) is 0 Å². The normalized spacial score (nSPS) is 8.46. The molecule has 0 radical (unpaired) electrons. The van der Waals surface area contributed by atoms with Crippen LogP contribution in [0.1, 0.15) is 33.1 Å². The fourth-order valence-electron chi connectivity index (χ4n) is 0.681. The van der Waals surface area contributed by atoms with Crippen molar-refractivity contribution in [2.45, 2.75) is 33.1 Å². The van der Waals surface area contributed by atoms with Gasteiger partial charge < -0.3 is 4.74 Å². The first-order chi connectivity index (χ1) is 6.20. The molecule has 0 aromatic rings. The number of carbonyl (C=O) groups excluding carboxylic acids is 2. The Morgan fingerprint density at radius 1 is 1.31 bits per heavy atom. The molecule has 0 rings (SSSR count). The fraction of sp³-hybridized carbons (Fsp3) is 0.600. The van der Waals surface area contributed by atoms with Gasteiger partial charge >= 0.3 is 5.97 Å². The average Bonchev–Trinajstić information content (AvgIpc) is 2.12. The molecule has 0 aliphatic rings. The molecule has 13 heavy (non-hydrogen) atoms. The van der Waals surface area contributed by atoms with Crippen molar-refractivity contribution < 1.29 is 14.3 Å². The summed E-state index contributed by atoms with van der Waals surface area (Å²) in [5.74, 6) is 4.53. The van der Waals surface area contributed by atoms with E-state index in [-0.39, 0.29) is 5.78 Å². The molecule has 0 aromatic carbocycles. The fourth-order valence-corrected chi connectivity index (χ4v) is 0.681. The molecule has 0 aromatic heterocycles. The summed E-state index contributed by atoms with van der Waals surface area (Å²) in [5.41, 5.74) is 0. The highest BCUT2D eigenvalue weighted by Gasteiger charge is 1.95. The van der Waals surface area contributed by atoms with Crippen LogP contribution < -0.4 is 0 Å². The summed E-state index contributed by atoms with van der Waals surface area (Å²) < 4.78 is 4.58. The molecule has 3 nitrogen and oxygen atoms in total. The van der Waals surface area contributed by atoms with Crippen LogP contribution in [0.4, 0.5) is 0 Å². The molecular formula is C10H14O3. The lowest BCUT2D eigenvalue weighted by Gasteiger charge is -1.91. The first-order valence-corrected chi connectivity index (χ1v) is 4.38. The number of hydrogen-bond donors (Lipinski definition) is 0. The largest absolute Gasteiger partial charge is 0.456 e. The van der Waals surface area contributed by atoms with E-state index in [0.717, 1.165) is 0 Å². The smallest absolute Gasteiger partial charge is 0.384 e. The van der Waals surface area contributed by atoms with Gasteiger partial charge in [-0.05, 0) is 6.92 Å². The Hall–Kier alpha value is -1.30. The van der Waals surface area contributed by atoms with Crippen molar-refractivity contribution >= 4 is 11.8 Å². The minimum absolute atomic E-state index is 0.165. The summed E-state index contributed by atoms with van der Waals surface area (Å²) in [7, 11) is 0. The van der Waals surface area contributed by atoms with Crippen LogP contribution >= 0.6 is 0 Å². The van der Waals surface area contributed by atoms with Crippen LogP contribution in [0.25, 0.3) is 0 Å². The lowest BCUT2D eigenvalue weighted by molar-refractivity contribution is -0.136. The van der Waals surface area contributed by atoms with E-state index in [1.807, 2.05) is 0 Å². The third kappa shape index (κ3) is 7.07. The van der Waals surface area contributed by atoms with E-state index in [4.69, 9.17) is 0 Å². The van der Waals surface area contributed by atoms with Crippen molar-refractivity contribution in [3.63, 3.8) is 0 Å². The second-order valence-electron chi connectivity index (χ2n) is 2.41. The van der Waals surface area contributed by atoms with Crippen molar-refractivity contribution in [3.05, 3.63) is 0 Å². The van der Waals surface area contributed by atoms with Gasteiger partial charge in [0.25, 0.3) is 0 Å². The van der Waals surface area contributed by atoms with Gasteiger partial charge in [0.2, 0.25) is 0 Å². The van der Waals surface area contributed by atoms with Gasteiger partial charge in [-0.15, -0.1) is 0 Å². The molecule has 0 atom stereocenters. The van der Waals surface area contributed by atoms with E-state index < -0.39 is 5.97 Å². The van der Waals surface area contributed by atoms with Gasteiger partial charge in [-0.3, -0.25) is 4.79 Å². The standard InChI is InChI=1S/C10H14O3/c1-3-9(11)7-5-6-8-10(12)13-4-2/h3-5,7H2,1-2H3. The maximum absolute atomic E-state index is 10.8. The van der Waals surface area contributed by atoms with Crippen molar-refractivity contribution in [1.29, 1.82) is 0 Å². The van der Waals surface area contributed by atoms with Crippen molar-refractivity contribution in [2.75, 3.05) is 6.61 Å². The number of Topliss-reactive ketones (excluding diaryl/α,β-unsaturated/α-hetero) is 1. The highest BCUT2D eigenvalue weighted by Crippen LogP contribution is 1.92. The predicted molar refractivity (Wildman–Crippen MR) is 48.9 cm³/mol. The molecule has 0 N–H and O–H groups in total. The number of ketones is 1. The van der Waals surface area contributed by atoms with E-state index in [9.17, 15) is 9.59 Å². The average molecular weight is 182 g/mol. The van der Waals surface area contributed by atoms with E-state index in [1.165, 1.54) is 0 Å². The first-order valence-electron chi connectivity index (χ1n) is 4.38. The van der Waals surface area contributed by atoms with E-state index in [0.29, 0.717) is 25.9 Å². The van der Waals surface area contributed by atoms with E-state index in [1.54, 1.807) is 13.8 Å². The monoisotopic (exact) mass is 182 g/mol. The van der Waals surface area contributed by atoms with Crippen LogP contribution in [0, 0.1) is 11.8 Å². The second-order valence-corrected chi connectivity index (χ2v) is 2.41. The minimum atomic E-state index is -0.522. The van der Waals surface area contributed by atoms with Crippen molar-refractivity contribution in [1.82, 2.24) is 0 Å². The maximum atomic E-state index is 10.8.